The fourth-order valence-corrected chi connectivity index (χ4v) is 4.24. The van der Waals surface area contributed by atoms with Crippen LogP contribution in [0.1, 0.15) is 29.4 Å². The highest BCUT2D eigenvalue weighted by Crippen LogP contribution is 2.21. The molecule has 0 atom stereocenters. The Morgan fingerprint density at radius 3 is 2.44 bits per heavy atom. The monoisotopic (exact) mass is 364 g/mol. The van der Waals surface area contributed by atoms with E-state index < -0.39 is 10.0 Å². The molecular formula is C17H24N4O3S. The third-order valence-electron chi connectivity index (χ3n) is 3.98. The van der Waals surface area contributed by atoms with E-state index in [9.17, 15) is 13.2 Å². The first-order valence-corrected chi connectivity index (χ1v) is 9.48. The summed E-state index contributed by atoms with van der Waals surface area (Å²) in [5, 5.41) is 6.58. The van der Waals surface area contributed by atoms with Gasteiger partial charge >= 0.3 is 0 Å². The molecule has 0 unspecified atom stereocenters. The van der Waals surface area contributed by atoms with E-state index in [1.165, 1.54) is 6.92 Å². The van der Waals surface area contributed by atoms with Crippen molar-refractivity contribution < 1.29 is 13.2 Å². The minimum atomic E-state index is -3.68. The maximum absolute atomic E-state index is 12.5. The van der Waals surface area contributed by atoms with E-state index in [2.05, 4.69) is 14.9 Å². The Morgan fingerprint density at radius 1 is 1.24 bits per heavy atom. The average Bonchev–Trinajstić information content (AvgIpc) is 2.84. The number of nitrogens with zero attached hydrogens (tertiary/aromatic N) is 2. The molecule has 1 aromatic heterocycles. The molecule has 2 aromatic rings. The van der Waals surface area contributed by atoms with Crippen LogP contribution >= 0.6 is 0 Å². The van der Waals surface area contributed by atoms with Crippen molar-refractivity contribution in [3.63, 3.8) is 0 Å². The highest BCUT2D eigenvalue weighted by Gasteiger charge is 2.22. The Hall–Kier alpha value is -2.19. The second-order valence-corrected chi connectivity index (χ2v) is 7.83. The summed E-state index contributed by atoms with van der Waals surface area (Å²) in [6.07, 6.45) is 0. The summed E-state index contributed by atoms with van der Waals surface area (Å²) in [4.78, 5) is 13.7. The number of nitrogens with one attached hydrogen (secondary N) is 2. The van der Waals surface area contributed by atoms with Crippen molar-refractivity contribution in [2.45, 2.75) is 39.5 Å². The van der Waals surface area contributed by atoms with Gasteiger partial charge in [0.1, 0.15) is 4.90 Å². The smallest absolute Gasteiger partial charge is 0.244 e. The molecule has 0 aliphatic heterocycles. The van der Waals surface area contributed by atoms with Gasteiger partial charge in [0.25, 0.3) is 0 Å². The molecule has 2 N–H and O–H groups in total. The molecule has 25 heavy (non-hydrogen) atoms. The molecule has 1 heterocycles. The Labute approximate surface area is 148 Å². The van der Waals surface area contributed by atoms with E-state index in [0.717, 1.165) is 16.8 Å². The molecule has 0 aliphatic carbocycles. The zero-order valence-corrected chi connectivity index (χ0v) is 16.0. The maximum atomic E-state index is 12.5. The van der Waals surface area contributed by atoms with Crippen LogP contribution in [0.15, 0.2) is 23.1 Å². The number of H-pyrrole nitrogens is 1. The maximum Gasteiger partial charge on any atom is 0.244 e. The van der Waals surface area contributed by atoms with Crippen LogP contribution in [-0.2, 0) is 14.8 Å². The number of hydrogen-bond donors (Lipinski definition) is 2. The van der Waals surface area contributed by atoms with E-state index in [-0.39, 0.29) is 23.9 Å². The third-order valence-corrected chi connectivity index (χ3v) is 5.70. The van der Waals surface area contributed by atoms with E-state index in [1.54, 1.807) is 18.7 Å². The minimum absolute atomic E-state index is 0.110. The lowest BCUT2D eigenvalue weighted by molar-refractivity contribution is -0.116. The van der Waals surface area contributed by atoms with Crippen LogP contribution in [0.3, 0.4) is 0 Å². The van der Waals surface area contributed by atoms with Crippen molar-refractivity contribution in [1.29, 1.82) is 0 Å². The second-order valence-electron chi connectivity index (χ2n) is 6.12. The number of rotatable bonds is 6. The Bertz CT molecular complexity index is 868. The first kappa shape index (κ1) is 19.1. The van der Waals surface area contributed by atoms with Crippen LogP contribution in [0, 0.1) is 27.7 Å². The fourth-order valence-electron chi connectivity index (χ4n) is 2.86. The van der Waals surface area contributed by atoms with Gasteiger partial charge in [-0.1, -0.05) is 17.7 Å². The quantitative estimate of drug-likeness (QED) is 0.819. The van der Waals surface area contributed by atoms with Gasteiger partial charge in [-0.05, 0) is 39.3 Å². The van der Waals surface area contributed by atoms with Gasteiger partial charge in [0, 0.05) is 25.7 Å². The van der Waals surface area contributed by atoms with Crippen LogP contribution in [0.2, 0.25) is 0 Å². The Balaban J connectivity index is 2.14. The summed E-state index contributed by atoms with van der Waals surface area (Å²) in [5.74, 6) is -0.137. The van der Waals surface area contributed by atoms with E-state index in [4.69, 9.17) is 0 Å². The fraction of sp³-hybridized carbons (Fsp3) is 0.412. The van der Waals surface area contributed by atoms with Crippen molar-refractivity contribution in [3.8, 4) is 0 Å². The number of carbonyl (C=O) groups is 1. The lowest BCUT2D eigenvalue weighted by Crippen LogP contribution is -2.38. The number of benzene rings is 1. The first-order chi connectivity index (χ1) is 11.6. The third kappa shape index (κ3) is 4.26. The van der Waals surface area contributed by atoms with Crippen LogP contribution in [0.5, 0.6) is 0 Å². The summed E-state index contributed by atoms with van der Waals surface area (Å²) < 4.78 is 27.5. The Kier molecular flexibility index (Phi) is 5.64. The van der Waals surface area contributed by atoms with Crippen molar-refractivity contribution in [2.24, 2.45) is 0 Å². The predicted molar refractivity (Wildman–Crippen MR) is 97.2 cm³/mol. The Morgan fingerprint density at radius 2 is 1.92 bits per heavy atom. The highest BCUT2D eigenvalue weighted by molar-refractivity contribution is 7.89. The molecule has 0 aliphatic rings. The molecule has 0 fully saturated rings. The van der Waals surface area contributed by atoms with Gasteiger partial charge in [0.05, 0.1) is 11.4 Å². The molecule has 0 saturated carbocycles. The van der Waals surface area contributed by atoms with Crippen LogP contribution in [0.4, 0.5) is 5.69 Å². The number of aromatic nitrogens is 2. The van der Waals surface area contributed by atoms with Gasteiger partial charge in [0.15, 0.2) is 0 Å². The number of aromatic amines is 1. The lowest BCUT2D eigenvalue weighted by atomic mass is 10.1. The molecule has 1 aromatic carbocycles. The zero-order chi connectivity index (χ0) is 18.8. The highest BCUT2D eigenvalue weighted by atomic mass is 32.2. The number of sulfonamides is 1. The zero-order valence-electron chi connectivity index (χ0n) is 15.2. The summed E-state index contributed by atoms with van der Waals surface area (Å²) >= 11 is 0. The van der Waals surface area contributed by atoms with Gasteiger partial charge in [-0.3, -0.25) is 9.89 Å². The summed E-state index contributed by atoms with van der Waals surface area (Å²) in [6, 6.07) is 5.80. The SMILES string of the molecule is CC(=O)N(CCNS(=O)(=O)c1c(C)n[nH]c1C)c1ccc(C)cc1C. The number of amides is 1. The molecule has 136 valence electrons. The van der Waals surface area contributed by atoms with Gasteiger partial charge in [-0.2, -0.15) is 5.10 Å². The van der Waals surface area contributed by atoms with Gasteiger partial charge in [-0.25, -0.2) is 13.1 Å². The molecule has 0 spiro atoms. The molecule has 2 rings (SSSR count). The molecule has 7 nitrogen and oxygen atoms in total. The molecule has 8 heteroatoms. The van der Waals surface area contributed by atoms with Crippen molar-refractivity contribution in [1.82, 2.24) is 14.9 Å². The summed E-state index contributed by atoms with van der Waals surface area (Å²) in [5.41, 5.74) is 3.77. The van der Waals surface area contributed by atoms with Gasteiger partial charge < -0.3 is 4.90 Å². The van der Waals surface area contributed by atoms with E-state index in [1.807, 2.05) is 32.0 Å². The van der Waals surface area contributed by atoms with Crippen LogP contribution < -0.4 is 9.62 Å². The standard InChI is InChI=1S/C17H24N4O3S/c1-11-6-7-16(12(2)10-11)21(15(5)22)9-8-18-25(23,24)17-13(3)19-20-14(17)4/h6-7,10,18H,8-9H2,1-5H3,(H,19,20). The average molecular weight is 364 g/mol. The number of anilines is 1. The molecule has 0 bridgehead atoms. The largest absolute Gasteiger partial charge is 0.311 e. The normalized spacial score (nSPS) is 11.6. The number of carbonyl (C=O) groups excluding carboxylic acids is 1. The molecule has 0 saturated heterocycles. The van der Waals surface area contributed by atoms with Crippen molar-refractivity contribution in [3.05, 3.63) is 40.7 Å². The van der Waals surface area contributed by atoms with Gasteiger partial charge in [-0.15, -0.1) is 0 Å². The second kappa shape index (κ2) is 7.37. The van der Waals surface area contributed by atoms with Gasteiger partial charge in [0.2, 0.25) is 15.9 Å². The van der Waals surface area contributed by atoms with Crippen molar-refractivity contribution in [2.75, 3.05) is 18.0 Å². The summed E-state index contributed by atoms with van der Waals surface area (Å²) in [6.45, 7) is 9.03. The van der Waals surface area contributed by atoms with Crippen LogP contribution in [0.25, 0.3) is 0 Å². The molecular weight excluding hydrogens is 340 g/mol. The summed E-state index contributed by atoms with van der Waals surface area (Å²) in [7, 11) is -3.68. The van der Waals surface area contributed by atoms with Crippen molar-refractivity contribution >= 4 is 21.6 Å². The molecule has 1 amide bonds. The van der Waals surface area contributed by atoms with E-state index in [0.29, 0.717) is 11.4 Å². The van der Waals surface area contributed by atoms with E-state index >= 15 is 0 Å². The first-order valence-electron chi connectivity index (χ1n) is 8.00. The minimum Gasteiger partial charge on any atom is -0.311 e. The molecule has 0 radical (unpaired) electrons. The van der Waals surface area contributed by atoms with Crippen LogP contribution in [-0.4, -0.2) is 37.6 Å². The lowest BCUT2D eigenvalue weighted by Gasteiger charge is -2.23. The topological polar surface area (TPSA) is 95.2 Å². The number of aryl methyl sites for hydroxylation is 4. The predicted octanol–water partition coefficient (Wildman–Crippen LogP) is 1.97. The number of hydrogen-bond acceptors (Lipinski definition) is 4.